The molecule has 2 aromatic heterocycles. The van der Waals surface area contributed by atoms with Crippen LogP contribution in [0.5, 0.6) is 11.5 Å². The number of aromatic hydroxyl groups is 1. The van der Waals surface area contributed by atoms with Gasteiger partial charge in [-0.25, -0.2) is 8.78 Å². The minimum atomic E-state index is -0.758. The Bertz CT molecular complexity index is 3180. The zero-order valence-electron chi connectivity index (χ0n) is 43.4. The Kier molecular flexibility index (Phi) is 15.0. The number of likely N-dealkylation sites (tertiary alicyclic amines) is 2. The summed E-state index contributed by atoms with van der Waals surface area (Å²) >= 11 is 0. The molecule has 0 aliphatic carbocycles. The minimum absolute atomic E-state index is 0.0634. The number of nitrogens with one attached hydrogen (secondary N) is 1. The molecule has 15 heteroatoms. The van der Waals surface area contributed by atoms with E-state index in [1.165, 1.54) is 30.2 Å². The van der Waals surface area contributed by atoms with E-state index in [-0.39, 0.29) is 42.1 Å². The fourth-order valence-electron chi connectivity index (χ4n) is 11.7. The molecular weight excluding hydrogens is 951 g/mol. The fourth-order valence-corrected chi connectivity index (χ4v) is 11.7. The molecule has 0 radical (unpaired) electrons. The van der Waals surface area contributed by atoms with Crippen LogP contribution in [-0.4, -0.2) is 116 Å². The summed E-state index contributed by atoms with van der Waals surface area (Å²) in [6, 6.07) is 27.2. The Labute approximate surface area is 437 Å². The quantitative estimate of drug-likeness (QED) is 0.109. The summed E-state index contributed by atoms with van der Waals surface area (Å²) in [4.78, 5) is 53.4. The first-order valence-corrected chi connectivity index (χ1v) is 26.4. The standard InChI is InChI=1S/C60H66F2N8O5/c1-38-51(32-47(34-63)65(38)3)57-56(59(73)64-46-13-15-49(71)16-14-46)39(2)66(4)58(57)52-29-41-18-25-69(55(72)31-42-12-17-50(33-54(42)62)75-27-26-67-23-19-45(61)20-24-67)35-44(41)30-53(52)60(74)70-36-43-11-7-6-10-40(43)28-48(70)37-68-21-8-5-9-22-68/h6-7,10-17,29-30,32-33,45,48,71H,5,8-9,18-28,31,35-37H2,1-4H3,(H,64,73)/t48-/m0/s1. The molecule has 4 aliphatic rings. The maximum atomic E-state index is 16.0. The molecule has 0 saturated carbocycles. The molecule has 3 amide bonds. The number of nitrogens with zero attached hydrogens (tertiary/aromatic N) is 7. The summed E-state index contributed by atoms with van der Waals surface area (Å²) in [5, 5.41) is 23.4. The van der Waals surface area contributed by atoms with Gasteiger partial charge in [0.15, 0.2) is 0 Å². The first-order valence-electron chi connectivity index (χ1n) is 26.4. The van der Waals surface area contributed by atoms with Gasteiger partial charge in [0.25, 0.3) is 11.8 Å². The number of carbonyl (C=O) groups excluding carboxylic acids is 3. The topological polar surface area (TPSA) is 139 Å². The van der Waals surface area contributed by atoms with Crippen molar-refractivity contribution in [3.63, 3.8) is 0 Å². The number of phenols is 1. The molecule has 4 aromatic carbocycles. The van der Waals surface area contributed by atoms with Gasteiger partial charge in [0.2, 0.25) is 5.91 Å². The number of phenolic OH excluding ortho intramolecular Hbond substituents is 1. The second-order valence-corrected chi connectivity index (χ2v) is 20.9. The summed E-state index contributed by atoms with van der Waals surface area (Å²) < 4.78 is 39.0. The van der Waals surface area contributed by atoms with Crippen LogP contribution in [0.2, 0.25) is 0 Å². The molecule has 13 nitrogen and oxygen atoms in total. The lowest BCUT2D eigenvalue weighted by Gasteiger charge is -2.41. The van der Waals surface area contributed by atoms with Gasteiger partial charge >= 0.3 is 0 Å². The van der Waals surface area contributed by atoms with Crippen LogP contribution in [0.15, 0.2) is 84.9 Å². The maximum Gasteiger partial charge on any atom is 0.258 e. The number of aromatic nitrogens is 2. The van der Waals surface area contributed by atoms with Crippen LogP contribution in [0.4, 0.5) is 14.5 Å². The van der Waals surface area contributed by atoms with E-state index in [1.54, 1.807) is 39.8 Å². The number of hydrogen-bond acceptors (Lipinski definition) is 8. The minimum Gasteiger partial charge on any atom is -0.508 e. The third kappa shape index (κ3) is 10.7. The molecule has 0 unspecified atom stereocenters. The average Bonchev–Trinajstić information content (AvgIpc) is 3.87. The average molecular weight is 1020 g/mol. The fraction of sp³-hybridized carbons (Fsp3) is 0.400. The molecule has 390 valence electrons. The predicted molar refractivity (Wildman–Crippen MR) is 285 cm³/mol. The van der Waals surface area contributed by atoms with Gasteiger partial charge in [-0.1, -0.05) is 36.8 Å². The molecular formula is C60H66F2N8O5. The van der Waals surface area contributed by atoms with E-state index < -0.39 is 17.9 Å². The second kappa shape index (κ2) is 21.9. The van der Waals surface area contributed by atoms with E-state index in [0.29, 0.717) is 121 Å². The number of carbonyl (C=O) groups is 3. The smallest absolute Gasteiger partial charge is 0.258 e. The summed E-state index contributed by atoms with van der Waals surface area (Å²) in [7, 11) is 3.72. The van der Waals surface area contributed by atoms with Crippen molar-refractivity contribution in [3.05, 3.63) is 147 Å². The van der Waals surface area contributed by atoms with Crippen LogP contribution < -0.4 is 10.1 Å². The summed E-state index contributed by atoms with van der Waals surface area (Å²) in [6.07, 6.45) is 4.68. The molecule has 6 aromatic rings. The van der Waals surface area contributed by atoms with Crippen molar-refractivity contribution in [2.45, 2.75) is 90.5 Å². The van der Waals surface area contributed by atoms with E-state index in [9.17, 15) is 24.3 Å². The molecule has 2 N–H and O–H groups in total. The number of ether oxygens (including phenoxy) is 1. The van der Waals surface area contributed by atoms with Gasteiger partial charge in [-0.15, -0.1) is 0 Å². The van der Waals surface area contributed by atoms with Crippen LogP contribution in [0.1, 0.15) is 97.7 Å². The molecule has 2 fully saturated rings. The number of alkyl halides is 1. The lowest BCUT2D eigenvalue weighted by atomic mass is 9.87. The zero-order valence-corrected chi connectivity index (χ0v) is 43.4. The first-order chi connectivity index (χ1) is 36.2. The van der Waals surface area contributed by atoms with Crippen molar-refractivity contribution in [3.8, 4) is 40.0 Å². The van der Waals surface area contributed by atoms with Gasteiger partial charge < -0.3 is 39.0 Å². The Morgan fingerprint density at radius 2 is 1.55 bits per heavy atom. The third-order valence-corrected chi connectivity index (χ3v) is 16.2. The van der Waals surface area contributed by atoms with E-state index in [2.05, 4.69) is 45.5 Å². The Hall–Kier alpha value is -7.28. The molecule has 2 saturated heterocycles. The van der Waals surface area contributed by atoms with Crippen LogP contribution in [0.25, 0.3) is 22.4 Å². The molecule has 75 heavy (non-hydrogen) atoms. The highest BCUT2D eigenvalue weighted by atomic mass is 19.1. The van der Waals surface area contributed by atoms with E-state index in [0.717, 1.165) is 54.9 Å². The van der Waals surface area contributed by atoms with E-state index >= 15 is 9.18 Å². The van der Waals surface area contributed by atoms with Crippen LogP contribution in [0, 0.1) is 31.0 Å². The highest BCUT2D eigenvalue weighted by Gasteiger charge is 2.37. The van der Waals surface area contributed by atoms with Crippen molar-refractivity contribution in [2.24, 2.45) is 14.1 Å². The molecule has 0 bridgehead atoms. The number of benzene rings is 4. The highest BCUT2D eigenvalue weighted by Crippen LogP contribution is 2.44. The van der Waals surface area contributed by atoms with E-state index in [1.807, 2.05) is 49.5 Å². The van der Waals surface area contributed by atoms with Crippen LogP contribution in [-0.2, 0) is 51.2 Å². The number of halogens is 2. The normalized spacial score (nSPS) is 17.3. The molecule has 0 spiro atoms. The highest BCUT2D eigenvalue weighted by molar-refractivity contribution is 6.14. The number of piperidine rings is 2. The summed E-state index contributed by atoms with van der Waals surface area (Å²) in [6.45, 7) is 9.75. The summed E-state index contributed by atoms with van der Waals surface area (Å²) in [5.41, 5.74) is 9.96. The van der Waals surface area contributed by atoms with Gasteiger partial charge in [0, 0.05) is 111 Å². The number of nitriles is 1. The number of hydrogen-bond donors (Lipinski definition) is 2. The Morgan fingerprint density at radius 1 is 0.800 bits per heavy atom. The maximum absolute atomic E-state index is 16.0. The molecule has 10 rings (SSSR count). The number of rotatable bonds is 13. The van der Waals surface area contributed by atoms with Gasteiger partial charge in [0.1, 0.15) is 41.9 Å². The number of amides is 3. The Balaban J connectivity index is 1.03. The summed E-state index contributed by atoms with van der Waals surface area (Å²) in [5.74, 6) is -0.896. The van der Waals surface area contributed by atoms with Crippen LogP contribution >= 0.6 is 0 Å². The van der Waals surface area contributed by atoms with E-state index in [4.69, 9.17) is 4.74 Å². The van der Waals surface area contributed by atoms with Crippen molar-refractivity contribution >= 4 is 23.4 Å². The second-order valence-electron chi connectivity index (χ2n) is 20.9. The first kappa shape index (κ1) is 51.2. The molecule has 4 aliphatic heterocycles. The monoisotopic (exact) mass is 1020 g/mol. The van der Waals surface area contributed by atoms with Gasteiger partial charge in [-0.3, -0.25) is 19.3 Å². The number of fused-ring (bicyclic) bond motifs is 2. The van der Waals surface area contributed by atoms with Crippen molar-refractivity contribution < 1.29 is 33.0 Å². The van der Waals surface area contributed by atoms with Gasteiger partial charge in [-0.2, -0.15) is 5.26 Å². The molecule has 6 heterocycles. The van der Waals surface area contributed by atoms with Gasteiger partial charge in [-0.05, 0) is 142 Å². The lowest BCUT2D eigenvalue weighted by molar-refractivity contribution is -0.131. The van der Waals surface area contributed by atoms with Crippen molar-refractivity contribution in [1.82, 2.24) is 28.7 Å². The third-order valence-electron chi connectivity index (χ3n) is 16.2. The SMILES string of the molecule is Cc1c(-c2c(C(=O)Nc3ccc(O)cc3)c(C)n(C)c2-c2cc3c(cc2C(=O)N2Cc4ccccc4C[C@H]2CN2CCCCC2)CN(C(=O)Cc2ccc(OCCN4CCC(F)CC4)cc2F)CC3)cc(C#N)n1C. The molecule has 1 atom stereocenters. The van der Waals surface area contributed by atoms with Gasteiger partial charge in [0.05, 0.1) is 17.7 Å². The van der Waals surface area contributed by atoms with Crippen molar-refractivity contribution in [1.29, 1.82) is 5.26 Å². The Morgan fingerprint density at radius 3 is 2.27 bits per heavy atom. The van der Waals surface area contributed by atoms with Crippen molar-refractivity contribution in [2.75, 3.05) is 57.7 Å². The number of anilines is 1. The largest absolute Gasteiger partial charge is 0.508 e. The predicted octanol–water partition coefficient (Wildman–Crippen LogP) is 9.28. The lowest BCUT2D eigenvalue weighted by Crippen LogP contribution is -2.51. The van der Waals surface area contributed by atoms with Crippen LogP contribution in [0.3, 0.4) is 0 Å². The zero-order chi connectivity index (χ0) is 52.5.